The molecular weight excluding hydrogens is 1650 g/mol. The molecular formula is C129H91FN6. The molecule has 2 heterocycles. The molecule has 22 aromatic carbocycles. The average Bonchev–Trinajstić information content (AvgIpc) is 1.44. The molecule has 0 unspecified atom stereocenters. The van der Waals surface area contributed by atoms with Crippen molar-refractivity contribution in [2.75, 3.05) is 19.6 Å². The maximum absolute atomic E-state index is 14.6. The van der Waals surface area contributed by atoms with E-state index in [0.717, 1.165) is 124 Å². The van der Waals surface area contributed by atoms with Crippen LogP contribution >= 0.6 is 0 Å². The van der Waals surface area contributed by atoms with Gasteiger partial charge in [-0.05, 0) is 279 Å². The van der Waals surface area contributed by atoms with Crippen LogP contribution in [0.4, 0.5) is 72.6 Å². The maximum atomic E-state index is 14.6. The second-order valence-corrected chi connectivity index (χ2v) is 34.5. The van der Waals surface area contributed by atoms with Crippen LogP contribution in [0.1, 0.15) is 5.56 Å². The molecule has 7 heteroatoms. The summed E-state index contributed by atoms with van der Waals surface area (Å²) >= 11 is 0. The number of fused-ring (bicyclic) bond motifs is 8. The summed E-state index contributed by atoms with van der Waals surface area (Å²) in [5.74, 6) is -0.272. The summed E-state index contributed by atoms with van der Waals surface area (Å²) < 4.78 is 19.3. The minimum Gasteiger partial charge on any atom is -0.311 e. The van der Waals surface area contributed by atoms with E-state index in [0.29, 0.717) is 0 Å². The molecule has 0 saturated carbocycles. The van der Waals surface area contributed by atoms with Gasteiger partial charge in [-0.25, -0.2) is 4.39 Å². The summed E-state index contributed by atoms with van der Waals surface area (Å²) in [6, 6.07) is 190. The standard InChI is InChI=1S/C65H47N3.C64H44FN3/c1-46-25-33-56(34-26-46)67(57-41-43-65-62(45-57)61-23-13-14-24-63(61)68(65)52-19-9-4-10-20-52)64-44-42-58(59-21-11-12-22-60(59)64)51-31-39-55(40-32-51)66(53-35-27-49(28-36-53)47-15-5-2-6-16-47)54-37-29-50(30-38-54)48-17-7-3-8-18-48;65-50-30-38-55(39-31-50)67(56-40-42-64-61(44-56)60-22-12-13-23-62(60)68(64)51-18-8-3-9-19-51)63-43-41-57(58-20-10-11-21-59(58)63)49-28-36-54(37-29-49)66(52-32-24-47(25-33-52)45-14-4-1-5-15-45)53-34-26-48(27-35-53)46-16-6-2-7-17-46/h2-45H,1H3;1-44H. The first-order chi connectivity index (χ1) is 67.3. The molecule has 0 bridgehead atoms. The summed E-state index contributed by atoms with van der Waals surface area (Å²) in [4.78, 5) is 9.35. The zero-order valence-electron chi connectivity index (χ0n) is 74.9. The van der Waals surface area contributed by atoms with Crippen molar-refractivity contribution in [1.29, 1.82) is 0 Å². The van der Waals surface area contributed by atoms with Crippen molar-refractivity contribution in [2.24, 2.45) is 0 Å². The fourth-order valence-electron chi connectivity index (χ4n) is 19.7. The molecule has 0 atom stereocenters. The fraction of sp³-hybridized carbons (Fsp3) is 0.00775. The molecule has 0 amide bonds. The van der Waals surface area contributed by atoms with Crippen molar-refractivity contribution in [2.45, 2.75) is 6.92 Å². The third-order valence-electron chi connectivity index (χ3n) is 26.3. The summed E-state index contributed by atoms with van der Waals surface area (Å²) in [7, 11) is 0. The van der Waals surface area contributed by atoms with Crippen molar-refractivity contribution in [3.05, 3.63) is 545 Å². The Hall–Kier alpha value is -17.9. The summed E-state index contributed by atoms with van der Waals surface area (Å²) in [6.45, 7) is 2.15. The number of aromatic nitrogens is 2. The Morgan fingerprint density at radius 2 is 0.390 bits per heavy atom. The highest BCUT2D eigenvalue weighted by atomic mass is 19.1. The van der Waals surface area contributed by atoms with Gasteiger partial charge in [0.15, 0.2) is 0 Å². The number of hydrogen-bond donors (Lipinski definition) is 0. The summed E-state index contributed by atoms with van der Waals surface area (Å²) in [5.41, 5.74) is 34.9. The largest absolute Gasteiger partial charge is 0.311 e. The van der Waals surface area contributed by atoms with Crippen molar-refractivity contribution >= 4 is 133 Å². The molecule has 0 aliphatic rings. The first-order valence-electron chi connectivity index (χ1n) is 46.4. The van der Waals surface area contributed by atoms with Gasteiger partial charge in [-0.15, -0.1) is 0 Å². The van der Waals surface area contributed by atoms with Gasteiger partial charge >= 0.3 is 0 Å². The lowest BCUT2D eigenvalue weighted by molar-refractivity contribution is 0.628. The third kappa shape index (κ3) is 16.0. The van der Waals surface area contributed by atoms with Crippen LogP contribution in [0.15, 0.2) is 534 Å². The van der Waals surface area contributed by atoms with Gasteiger partial charge in [-0.1, -0.05) is 345 Å². The minimum absolute atomic E-state index is 0.272. The van der Waals surface area contributed by atoms with E-state index in [1.165, 1.54) is 93.6 Å². The predicted octanol–water partition coefficient (Wildman–Crippen LogP) is 36.2. The van der Waals surface area contributed by atoms with Gasteiger partial charge in [0.25, 0.3) is 0 Å². The molecule has 0 radical (unpaired) electrons. The van der Waals surface area contributed by atoms with Crippen LogP contribution in [0.25, 0.3) is 143 Å². The van der Waals surface area contributed by atoms with Gasteiger partial charge in [0.1, 0.15) is 5.82 Å². The summed E-state index contributed by atoms with van der Waals surface area (Å²) in [5, 5.41) is 9.34. The van der Waals surface area contributed by atoms with Gasteiger partial charge in [0, 0.05) is 101 Å². The van der Waals surface area contributed by atoms with Crippen molar-refractivity contribution in [1.82, 2.24) is 9.13 Å². The zero-order valence-corrected chi connectivity index (χ0v) is 74.9. The number of nitrogens with zero attached hydrogens (tertiary/aromatic N) is 6. The van der Waals surface area contributed by atoms with E-state index in [1.54, 1.807) is 12.1 Å². The molecule has 0 fully saturated rings. The predicted molar refractivity (Wildman–Crippen MR) is 573 cm³/mol. The maximum Gasteiger partial charge on any atom is 0.123 e. The highest BCUT2D eigenvalue weighted by molar-refractivity contribution is 6.14. The quantitative estimate of drug-likeness (QED) is 0.0758. The number of anilines is 12. The Balaban J connectivity index is 0.000000153. The second kappa shape index (κ2) is 36.4. The third-order valence-corrected chi connectivity index (χ3v) is 26.3. The molecule has 24 aromatic rings. The molecule has 0 N–H and O–H groups in total. The molecule has 644 valence electrons. The highest BCUT2D eigenvalue weighted by Crippen LogP contribution is 2.50. The molecule has 24 rings (SSSR count). The van der Waals surface area contributed by atoms with Crippen LogP contribution in [0.3, 0.4) is 0 Å². The normalized spacial score (nSPS) is 11.3. The van der Waals surface area contributed by atoms with Gasteiger partial charge in [-0.2, -0.15) is 0 Å². The Morgan fingerprint density at radius 1 is 0.162 bits per heavy atom. The molecule has 0 aliphatic carbocycles. The second-order valence-electron chi connectivity index (χ2n) is 34.5. The number of rotatable bonds is 20. The van der Waals surface area contributed by atoms with E-state index >= 15 is 0 Å². The van der Waals surface area contributed by atoms with Gasteiger partial charge in [-0.3, -0.25) is 0 Å². The van der Waals surface area contributed by atoms with E-state index < -0.39 is 0 Å². The Labute approximate surface area is 791 Å². The number of para-hydroxylation sites is 4. The van der Waals surface area contributed by atoms with Crippen LogP contribution in [0, 0.1) is 12.7 Å². The number of halogens is 1. The number of aryl methyl sites for hydroxylation is 1. The lowest BCUT2D eigenvalue weighted by Crippen LogP contribution is -2.11. The van der Waals surface area contributed by atoms with Crippen LogP contribution < -0.4 is 19.6 Å². The SMILES string of the molecule is Cc1ccc(N(c2ccc3c(c2)c2ccccc2n3-c2ccccc2)c2ccc(-c3ccc(N(c4ccc(-c5ccccc5)cc4)c4ccc(-c5ccccc5)cc4)cc3)c3ccccc23)cc1.Fc1ccc(N(c2ccc3c(c2)c2ccccc2n3-c2ccccc2)c2ccc(-c3ccc(N(c4ccc(-c5ccccc5)cc4)c4ccc(-c5ccccc5)cc4)cc3)c3ccccc23)cc1. The lowest BCUT2D eigenvalue weighted by Gasteiger charge is -2.28. The first kappa shape index (κ1) is 82.5. The number of benzene rings is 22. The monoisotopic (exact) mass is 1740 g/mol. The van der Waals surface area contributed by atoms with E-state index in [-0.39, 0.29) is 5.82 Å². The summed E-state index contributed by atoms with van der Waals surface area (Å²) in [6.07, 6.45) is 0. The van der Waals surface area contributed by atoms with Crippen LogP contribution in [-0.4, -0.2) is 9.13 Å². The Morgan fingerprint density at radius 3 is 0.706 bits per heavy atom. The van der Waals surface area contributed by atoms with E-state index in [4.69, 9.17) is 0 Å². The molecule has 6 nitrogen and oxygen atoms in total. The van der Waals surface area contributed by atoms with Gasteiger partial charge in [0.05, 0.1) is 33.4 Å². The van der Waals surface area contributed by atoms with Crippen molar-refractivity contribution in [3.63, 3.8) is 0 Å². The van der Waals surface area contributed by atoms with E-state index in [2.05, 4.69) is 545 Å². The fourth-order valence-corrected chi connectivity index (χ4v) is 19.7. The first-order valence-corrected chi connectivity index (χ1v) is 46.4. The smallest absolute Gasteiger partial charge is 0.123 e. The van der Waals surface area contributed by atoms with Gasteiger partial charge < -0.3 is 28.7 Å². The van der Waals surface area contributed by atoms with E-state index in [1.807, 2.05) is 12.1 Å². The van der Waals surface area contributed by atoms with Crippen molar-refractivity contribution < 1.29 is 4.39 Å². The Bertz CT molecular complexity index is 7720. The zero-order chi connectivity index (χ0) is 90.8. The molecule has 2 aromatic heterocycles. The van der Waals surface area contributed by atoms with Crippen LogP contribution in [0.5, 0.6) is 0 Å². The molecule has 0 saturated heterocycles. The van der Waals surface area contributed by atoms with Crippen molar-refractivity contribution in [3.8, 4) is 78.1 Å². The van der Waals surface area contributed by atoms with E-state index in [9.17, 15) is 4.39 Å². The van der Waals surface area contributed by atoms with Crippen LogP contribution in [-0.2, 0) is 0 Å². The minimum atomic E-state index is -0.272. The molecule has 0 spiro atoms. The Kier molecular flexibility index (Phi) is 22.1. The molecule has 136 heavy (non-hydrogen) atoms. The number of hydrogen-bond acceptors (Lipinski definition) is 4. The van der Waals surface area contributed by atoms with Gasteiger partial charge in [0.2, 0.25) is 0 Å². The highest BCUT2D eigenvalue weighted by Gasteiger charge is 2.26. The molecule has 0 aliphatic heterocycles. The average molecular weight is 1740 g/mol. The topological polar surface area (TPSA) is 22.8 Å². The lowest BCUT2D eigenvalue weighted by atomic mass is 9.96. The van der Waals surface area contributed by atoms with Crippen LogP contribution in [0.2, 0.25) is 0 Å².